The highest BCUT2D eigenvalue weighted by atomic mass is 16.5. The first-order valence-corrected chi connectivity index (χ1v) is 12.2. The molecular weight excluding hydrogens is 434 g/mol. The number of benzene rings is 3. The van der Waals surface area contributed by atoms with Crippen LogP contribution in [0.15, 0.2) is 95.9 Å². The highest BCUT2D eigenvalue weighted by molar-refractivity contribution is 5.61. The molecule has 0 fully saturated rings. The average Bonchev–Trinajstić information content (AvgIpc) is 3.21. The molecule has 2 aliphatic heterocycles. The molecule has 0 spiro atoms. The van der Waals surface area contributed by atoms with Gasteiger partial charge in [-0.2, -0.15) is 0 Å². The molecular formula is C30H29N3O2. The molecule has 3 aromatic rings. The van der Waals surface area contributed by atoms with Crippen LogP contribution >= 0.6 is 0 Å². The van der Waals surface area contributed by atoms with Crippen molar-refractivity contribution in [2.75, 3.05) is 6.61 Å². The summed E-state index contributed by atoms with van der Waals surface area (Å²) in [5.41, 5.74) is 5.46. The van der Waals surface area contributed by atoms with Gasteiger partial charge in [0.1, 0.15) is 11.4 Å². The van der Waals surface area contributed by atoms with E-state index in [-0.39, 0.29) is 5.56 Å². The number of fused-ring (bicyclic) bond motifs is 1. The summed E-state index contributed by atoms with van der Waals surface area (Å²) in [6.45, 7) is 2.87. The van der Waals surface area contributed by atoms with Crippen LogP contribution in [0.25, 0.3) is 17.1 Å². The molecule has 0 bridgehead atoms. The molecule has 0 atom stereocenters. The smallest absolute Gasteiger partial charge is 0.278 e. The maximum absolute atomic E-state index is 13.4. The number of H-pyrrole nitrogens is 1. The minimum Gasteiger partial charge on any atom is -0.494 e. The van der Waals surface area contributed by atoms with E-state index < -0.39 is 0 Å². The monoisotopic (exact) mass is 463 g/mol. The Morgan fingerprint density at radius 2 is 1.51 bits per heavy atom. The Labute approximate surface area is 205 Å². The number of imidazole rings is 1. The predicted octanol–water partition coefficient (Wildman–Crippen LogP) is 6.03. The maximum atomic E-state index is 13.4. The van der Waals surface area contributed by atoms with Crippen molar-refractivity contribution in [1.29, 1.82) is 0 Å². The minimum atomic E-state index is -0.0760. The van der Waals surface area contributed by atoms with Crippen molar-refractivity contribution in [2.45, 2.75) is 32.6 Å². The molecule has 0 saturated carbocycles. The Hall–Kier alpha value is -4.12. The number of ether oxygens (including phenoxy) is 1. The van der Waals surface area contributed by atoms with E-state index in [0.29, 0.717) is 31.0 Å². The van der Waals surface area contributed by atoms with Gasteiger partial charge in [0, 0.05) is 19.0 Å². The molecule has 5 rings (SSSR count). The number of hydrogen-bond donors (Lipinski definition) is 1. The molecule has 0 radical (unpaired) electrons. The van der Waals surface area contributed by atoms with Crippen LogP contribution < -0.4 is 10.3 Å². The van der Waals surface area contributed by atoms with Crippen LogP contribution in [0.5, 0.6) is 5.75 Å². The van der Waals surface area contributed by atoms with Crippen molar-refractivity contribution in [2.24, 2.45) is 0 Å². The normalized spacial score (nSPS) is 11.1. The van der Waals surface area contributed by atoms with Gasteiger partial charge in [0.05, 0.1) is 18.0 Å². The standard InChI is InChI=1S/C30H29N3O2/c1-2-3-18-35-25-16-14-24(15-17-25)28-21-33-29(26(31-28)19-22-10-6-4-7-11-22)32-27(30(33)34)20-23-12-8-5-9-13-23/h4-17,21,31H,2-3,18-20H2,1H3. The molecule has 2 aliphatic rings. The summed E-state index contributed by atoms with van der Waals surface area (Å²) >= 11 is 0. The average molecular weight is 464 g/mol. The van der Waals surface area contributed by atoms with Gasteiger partial charge in [-0.05, 0) is 47.4 Å². The Morgan fingerprint density at radius 3 is 2.17 bits per heavy atom. The minimum absolute atomic E-state index is 0.0760. The number of hydrogen-bond acceptors (Lipinski definition) is 3. The first-order valence-electron chi connectivity index (χ1n) is 12.2. The van der Waals surface area contributed by atoms with Gasteiger partial charge in [-0.15, -0.1) is 0 Å². The third kappa shape index (κ3) is 5.19. The first kappa shape index (κ1) is 22.7. The van der Waals surface area contributed by atoms with E-state index in [4.69, 9.17) is 9.72 Å². The second-order valence-electron chi connectivity index (χ2n) is 8.75. The van der Waals surface area contributed by atoms with Gasteiger partial charge < -0.3 is 9.72 Å². The van der Waals surface area contributed by atoms with Gasteiger partial charge in [0.2, 0.25) is 0 Å². The summed E-state index contributed by atoms with van der Waals surface area (Å²) in [4.78, 5) is 21.7. The molecule has 0 unspecified atom stereocenters. The summed E-state index contributed by atoms with van der Waals surface area (Å²) in [6, 6.07) is 28.2. The Balaban J connectivity index is 1.54. The Kier molecular flexibility index (Phi) is 6.75. The van der Waals surface area contributed by atoms with Crippen molar-refractivity contribution in [1.82, 2.24) is 14.5 Å². The van der Waals surface area contributed by atoms with Crippen molar-refractivity contribution < 1.29 is 4.74 Å². The largest absolute Gasteiger partial charge is 0.494 e. The zero-order valence-corrected chi connectivity index (χ0v) is 19.9. The van der Waals surface area contributed by atoms with Crippen molar-refractivity contribution in [3.63, 3.8) is 0 Å². The van der Waals surface area contributed by atoms with Crippen LogP contribution in [-0.2, 0) is 12.8 Å². The molecule has 176 valence electrons. The molecule has 0 aromatic heterocycles. The van der Waals surface area contributed by atoms with E-state index in [0.717, 1.165) is 46.7 Å². The molecule has 3 aromatic carbocycles. The number of nitrogens with one attached hydrogen (secondary N) is 1. The molecule has 0 aliphatic carbocycles. The lowest BCUT2D eigenvalue weighted by Crippen LogP contribution is -2.17. The van der Waals surface area contributed by atoms with Gasteiger partial charge >= 0.3 is 0 Å². The summed E-state index contributed by atoms with van der Waals surface area (Å²) in [7, 11) is 0. The van der Waals surface area contributed by atoms with Crippen LogP contribution in [0.1, 0.15) is 42.3 Å². The highest BCUT2D eigenvalue weighted by Gasteiger charge is 2.20. The molecule has 0 saturated heterocycles. The van der Waals surface area contributed by atoms with E-state index >= 15 is 0 Å². The van der Waals surface area contributed by atoms with Crippen LogP contribution in [0.2, 0.25) is 0 Å². The third-order valence-corrected chi connectivity index (χ3v) is 6.12. The van der Waals surface area contributed by atoms with Crippen molar-refractivity contribution in [3.05, 3.63) is 124 Å². The van der Waals surface area contributed by atoms with Gasteiger partial charge in [-0.1, -0.05) is 74.0 Å². The summed E-state index contributed by atoms with van der Waals surface area (Å²) in [5.74, 6) is 1.53. The fraction of sp³-hybridized carbons (Fsp3) is 0.200. The second kappa shape index (κ2) is 10.4. The lowest BCUT2D eigenvalue weighted by atomic mass is 10.1. The van der Waals surface area contributed by atoms with E-state index in [9.17, 15) is 4.79 Å². The fourth-order valence-corrected chi connectivity index (χ4v) is 4.22. The molecule has 5 heteroatoms. The highest BCUT2D eigenvalue weighted by Crippen LogP contribution is 2.25. The van der Waals surface area contributed by atoms with E-state index in [1.807, 2.05) is 79.0 Å². The van der Waals surface area contributed by atoms with E-state index in [1.54, 1.807) is 4.57 Å². The second-order valence-corrected chi connectivity index (χ2v) is 8.75. The molecule has 35 heavy (non-hydrogen) atoms. The number of unbranched alkanes of at least 4 members (excludes halogenated alkanes) is 1. The lowest BCUT2D eigenvalue weighted by Gasteiger charge is -2.14. The third-order valence-electron chi connectivity index (χ3n) is 6.12. The number of aromatic nitrogens is 3. The summed E-state index contributed by atoms with van der Waals surface area (Å²) in [5, 5.41) is 0. The molecule has 2 heterocycles. The van der Waals surface area contributed by atoms with Crippen molar-refractivity contribution >= 4 is 0 Å². The summed E-state index contributed by atoms with van der Waals surface area (Å²) in [6.07, 6.45) is 5.16. The zero-order chi connectivity index (χ0) is 24.0. The van der Waals surface area contributed by atoms with Crippen LogP contribution in [0.3, 0.4) is 0 Å². The lowest BCUT2D eigenvalue weighted by molar-refractivity contribution is 0.309. The first-order chi connectivity index (χ1) is 17.2. The predicted molar refractivity (Wildman–Crippen MR) is 140 cm³/mol. The van der Waals surface area contributed by atoms with Crippen LogP contribution in [0, 0.1) is 0 Å². The zero-order valence-electron chi connectivity index (χ0n) is 19.9. The van der Waals surface area contributed by atoms with E-state index in [2.05, 4.69) is 24.0 Å². The molecule has 1 N–H and O–H groups in total. The van der Waals surface area contributed by atoms with Crippen molar-refractivity contribution in [3.8, 4) is 22.8 Å². The maximum Gasteiger partial charge on any atom is 0.278 e. The number of rotatable bonds is 9. The van der Waals surface area contributed by atoms with Gasteiger partial charge in [-0.25, -0.2) is 4.98 Å². The fourth-order valence-electron chi connectivity index (χ4n) is 4.22. The van der Waals surface area contributed by atoms with E-state index in [1.165, 1.54) is 0 Å². The Bertz CT molecular complexity index is 1400. The van der Waals surface area contributed by atoms with Gasteiger partial charge in [-0.3, -0.25) is 9.36 Å². The topological polar surface area (TPSA) is 59.9 Å². The molecule has 0 amide bonds. The van der Waals surface area contributed by atoms with Gasteiger partial charge in [0.25, 0.3) is 5.56 Å². The molecule has 5 nitrogen and oxygen atoms in total. The number of nitrogens with zero attached hydrogens (tertiary/aromatic N) is 2. The SMILES string of the molecule is CCCCOc1ccc(-c2cn3c(=O)c(Cc4ccccc4)nc-3c(Cc3ccccc3)[nH]2)cc1. The quantitative estimate of drug-likeness (QED) is 0.272. The van der Waals surface area contributed by atoms with Crippen LogP contribution in [0.4, 0.5) is 0 Å². The summed E-state index contributed by atoms with van der Waals surface area (Å²) < 4.78 is 7.50. The Morgan fingerprint density at radius 1 is 0.857 bits per heavy atom. The van der Waals surface area contributed by atoms with Gasteiger partial charge in [0.15, 0.2) is 5.82 Å². The number of aromatic amines is 1. The van der Waals surface area contributed by atoms with Crippen LogP contribution in [-0.4, -0.2) is 21.1 Å².